The Balaban J connectivity index is 2.12. The highest BCUT2D eigenvalue weighted by Gasteiger charge is 2.17. The minimum Gasteiger partial charge on any atom is -0.370 e. The second kappa shape index (κ2) is 7.13. The van der Waals surface area contributed by atoms with E-state index in [1.54, 1.807) is 0 Å². The van der Waals surface area contributed by atoms with Gasteiger partial charge in [-0.15, -0.1) is 11.8 Å². The second-order valence-corrected chi connectivity index (χ2v) is 6.83. The molecule has 0 amide bonds. The van der Waals surface area contributed by atoms with E-state index in [4.69, 9.17) is 4.98 Å². The van der Waals surface area contributed by atoms with Crippen LogP contribution in [0.1, 0.15) is 64.6 Å². The van der Waals surface area contributed by atoms with Crippen LogP contribution in [0, 0.1) is 0 Å². The molecule has 1 aliphatic carbocycles. The van der Waals surface area contributed by atoms with Crippen molar-refractivity contribution in [3.05, 3.63) is 11.9 Å². The average Bonchev–Trinajstić information content (AvgIpc) is 2.40. The molecule has 0 aliphatic heterocycles. The summed E-state index contributed by atoms with van der Waals surface area (Å²) in [5.74, 6) is 2.31. The molecule has 1 heterocycles. The van der Waals surface area contributed by atoms with Crippen LogP contribution >= 0.6 is 11.8 Å². The van der Waals surface area contributed by atoms with Gasteiger partial charge in [-0.3, -0.25) is 0 Å². The first kappa shape index (κ1) is 14.6. The van der Waals surface area contributed by atoms with E-state index >= 15 is 0 Å². The molecule has 1 fully saturated rings. The summed E-state index contributed by atoms with van der Waals surface area (Å²) >= 11 is 1.95. The van der Waals surface area contributed by atoms with Crippen molar-refractivity contribution < 1.29 is 0 Å². The van der Waals surface area contributed by atoms with Crippen molar-refractivity contribution >= 4 is 17.6 Å². The zero-order valence-electron chi connectivity index (χ0n) is 12.3. The lowest BCUT2D eigenvalue weighted by Crippen LogP contribution is -2.10. The molecule has 1 aliphatic rings. The SMILES string of the molecule is CCNc1cc(SC2CCCCC2)nc(C(C)C)n1. The van der Waals surface area contributed by atoms with Crippen LogP contribution in [-0.4, -0.2) is 21.8 Å². The molecule has 0 bridgehead atoms. The van der Waals surface area contributed by atoms with Crippen LogP contribution in [-0.2, 0) is 0 Å². The standard InChI is InChI=1S/C15H25N3S/c1-4-16-13-10-14(18-15(17-13)11(2)3)19-12-8-6-5-7-9-12/h10-12H,4-9H2,1-3H3,(H,16,17,18). The molecular formula is C15H25N3S. The molecule has 106 valence electrons. The summed E-state index contributed by atoms with van der Waals surface area (Å²) in [4.78, 5) is 9.30. The molecule has 1 N–H and O–H groups in total. The molecule has 0 saturated heterocycles. The maximum absolute atomic E-state index is 4.72. The lowest BCUT2D eigenvalue weighted by molar-refractivity contribution is 0.515. The van der Waals surface area contributed by atoms with Crippen molar-refractivity contribution in [3.8, 4) is 0 Å². The highest BCUT2D eigenvalue weighted by atomic mass is 32.2. The summed E-state index contributed by atoms with van der Waals surface area (Å²) in [7, 11) is 0. The Kier molecular flexibility index (Phi) is 5.49. The van der Waals surface area contributed by atoms with Crippen molar-refractivity contribution in [2.75, 3.05) is 11.9 Å². The van der Waals surface area contributed by atoms with E-state index in [1.807, 2.05) is 11.8 Å². The van der Waals surface area contributed by atoms with Crippen LogP contribution in [0.15, 0.2) is 11.1 Å². The topological polar surface area (TPSA) is 37.8 Å². The van der Waals surface area contributed by atoms with Gasteiger partial charge in [0, 0.05) is 23.8 Å². The number of hydrogen-bond acceptors (Lipinski definition) is 4. The van der Waals surface area contributed by atoms with Gasteiger partial charge >= 0.3 is 0 Å². The minimum absolute atomic E-state index is 0.379. The quantitative estimate of drug-likeness (QED) is 0.808. The van der Waals surface area contributed by atoms with E-state index in [0.717, 1.165) is 28.5 Å². The molecule has 1 aromatic heterocycles. The summed E-state index contributed by atoms with van der Waals surface area (Å²) in [6.45, 7) is 7.31. The average molecular weight is 279 g/mol. The van der Waals surface area contributed by atoms with Gasteiger partial charge in [0.25, 0.3) is 0 Å². The first-order valence-corrected chi connectivity index (χ1v) is 8.36. The Labute approximate surface area is 121 Å². The lowest BCUT2D eigenvalue weighted by atomic mass is 10.0. The van der Waals surface area contributed by atoms with Gasteiger partial charge in [-0.25, -0.2) is 9.97 Å². The Morgan fingerprint density at radius 1 is 1.26 bits per heavy atom. The summed E-state index contributed by atoms with van der Waals surface area (Å²) < 4.78 is 0. The molecule has 0 aromatic carbocycles. The normalized spacial score (nSPS) is 16.8. The van der Waals surface area contributed by atoms with E-state index in [1.165, 1.54) is 32.1 Å². The van der Waals surface area contributed by atoms with Gasteiger partial charge in [-0.05, 0) is 19.8 Å². The molecule has 1 saturated carbocycles. The van der Waals surface area contributed by atoms with Crippen LogP contribution in [0.2, 0.25) is 0 Å². The number of anilines is 1. The highest BCUT2D eigenvalue weighted by Crippen LogP contribution is 2.33. The van der Waals surface area contributed by atoms with Gasteiger partial charge in [-0.1, -0.05) is 33.1 Å². The number of hydrogen-bond donors (Lipinski definition) is 1. The third-order valence-corrected chi connectivity index (χ3v) is 4.69. The zero-order valence-corrected chi connectivity index (χ0v) is 13.1. The van der Waals surface area contributed by atoms with Crippen molar-refractivity contribution in [1.29, 1.82) is 0 Å². The summed E-state index contributed by atoms with van der Waals surface area (Å²) in [6, 6.07) is 2.11. The van der Waals surface area contributed by atoms with E-state index in [9.17, 15) is 0 Å². The molecule has 0 spiro atoms. The van der Waals surface area contributed by atoms with Crippen LogP contribution in [0.4, 0.5) is 5.82 Å². The summed E-state index contributed by atoms with van der Waals surface area (Å²) in [5, 5.41) is 5.20. The number of nitrogens with one attached hydrogen (secondary N) is 1. The van der Waals surface area contributed by atoms with Crippen LogP contribution < -0.4 is 5.32 Å². The monoisotopic (exact) mass is 279 g/mol. The van der Waals surface area contributed by atoms with Crippen molar-refractivity contribution in [3.63, 3.8) is 0 Å². The van der Waals surface area contributed by atoms with E-state index in [-0.39, 0.29) is 0 Å². The molecule has 1 aromatic rings. The van der Waals surface area contributed by atoms with E-state index in [0.29, 0.717) is 5.92 Å². The Morgan fingerprint density at radius 3 is 2.63 bits per heavy atom. The smallest absolute Gasteiger partial charge is 0.134 e. The van der Waals surface area contributed by atoms with Gasteiger partial charge < -0.3 is 5.32 Å². The summed E-state index contributed by atoms with van der Waals surface area (Å²) in [5.41, 5.74) is 0. The van der Waals surface area contributed by atoms with Gasteiger partial charge in [0.2, 0.25) is 0 Å². The third-order valence-electron chi connectivity index (χ3n) is 3.43. The number of nitrogens with zero attached hydrogens (tertiary/aromatic N) is 2. The zero-order chi connectivity index (χ0) is 13.7. The van der Waals surface area contributed by atoms with Crippen LogP contribution in [0.25, 0.3) is 0 Å². The molecule has 0 unspecified atom stereocenters. The maximum Gasteiger partial charge on any atom is 0.134 e. The van der Waals surface area contributed by atoms with Crippen LogP contribution in [0.3, 0.4) is 0 Å². The molecule has 0 radical (unpaired) electrons. The van der Waals surface area contributed by atoms with Crippen LogP contribution in [0.5, 0.6) is 0 Å². The Morgan fingerprint density at radius 2 is 2.00 bits per heavy atom. The van der Waals surface area contributed by atoms with E-state index in [2.05, 4.69) is 37.1 Å². The van der Waals surface area contributed by atoms with Crippen molar-refractivity contribution in [1.82, 2.24) is 9.97 Å². The predicted octanol–water partition coefficient (Wildman–Crippen LogP) is 4.46. The van der Waals surface area contributed by atoms with Gasteiger partial charge in [-0.2, -0.15) is 0 Å². The molecule has 4 heteroatoms. The largest absolute Gasteiger partial charge is 0.370 e. The fourth-order valence-electron chi connectivity index (χ4n) is 2.39. The number of aromatic nitrogens is 2. The van der Waals surface area contributed by atoms with Crippen molar-refractivity contribution in [2.45, 2.75) is 69.1 Å². The van der Waals surface area contributed by atoms with Crippen molar-refractivity contribution in [2.24, 2.45) is 0 Å². The predicted molar refractivity (Wildman–Crippen MR) is 83.0 cm³/mol. The fourth-order valence-corrected chi connectivity index (χ4v) is 3.62. The first-order chi connectivity index (χ1) is 9.19. The number of rotatable bonds is 5. The molecule has 2 rings (SSSR count). The molecular weight excluding hydrogens is 254 g/mol. The molecule has 0 atom stereocenters. The highest BCUT2D eigenvalue weighted by molar-refractivity contribution is 7.99. The van der Waals surface area contributed by atoms with Gasteiger partial charge in [0.1, 0.15) is 16.7 Å². The van der Waals surface area contributed by atoms with Gasteiger partial charge in [0.05, 0.1) is 0 Å². The molecule has 3 nitrogen and oxygen atoms in total. The second-order valence-electron chi connectivity index (χ2n) is 5.51. The lowest BCUT2D eigenvalue weighted by Gasteiger charge is -2.21. The maximum atomic E-state index is 4.72. The minimum atomic E-state index is 0.379. The summed E-state index contributed by atoms with van der Waals surface area (Å²) in [6.07, 6.45) is 6.82. The van der Waals surface area contributed by atoms with E-state index < -0.39 is 0 Å². The number of thioether (sulfide) groups is 1. The Hall–Kier alpha value is -0.770. The first-order valence-electron chi connectivity index (χ1n) is 7.48. The van der Waals surface area contributed by atoms with Gasteiger partial charge in [0.15, 0.2) is 0 Å². The fraction of sp³-hybridized carbons (Fsp3) is 0.733. The third kappa shape index (κ3) is 4.37. The molecule has 19 heavy (non-hydrogen) atoms. The Bertz CT molecular complexity index is 400.